The van der Waals surface area contributed by atoms with Gasteiger partial charge >= 0.3 is 0 Å². The summed E-state index contributed by atoms with van der Waals surface area (Å²) in [7, 11) is 0. The van der Waals surface area contributed by atoms with Crippen molar-refractivity contribution in [1.29, 1.82) is 0 Å². The van der Waals surface area contributed by atoms with Crippen molar-refractivity contribution in [2.75, 3.05) is 11.1 Å². The monoisotopic (exact) mass is 290 g/mol. The van der Waals surface area contributed by atoms with Gasteiger partial charge in [0.05, 0.1) is 0 Å². The van der Waals surface area contributed by atoms with Crippen molar-refractivity contribution in [3.8, 4) is 0 Å². The summed E-state index contributed by atoms with van der Waals surface area (Å²) in [6, 6.07) is 12.1. The van der Waals surface area contributed by atoms with Gasteiger partial charge in [0.15, 0.2) is 0 Å². The molecule has 0 fully saturated rings. The van der Waals surface area contributed by atoms with E-state index in [-0.39, 0.29) is 0 Å². The largest absolute Gasteiger partial charge is 0.399 e. The van der Waals surface area contributed by atoms with E-state index in [0.29, 0.717) is 0 Å². The molecule has 0 bridgehead atoms. The highest BCUT2D eigenvalue weighted by atomic mass is 79.9. The van der Waals surface area contributed by atoms with Gasteiger partial charge in [-0.05, 0) is 55.3 Å². The lowest BCUT2D eigenvalue weighted by molar-refractivity contribution is 1.39. The Hall–Kier alpha value is -1.48. The van der Waals surface area contributed by atoms with Gasteiger partial charge in [0.25, 0.3) is 0 Å². The Balaban J connectivity index is 2.34. The molecule has 3 heteroatoms. The third-order valence-corrected chi connectivity index (χ3v) is 3.51. The molecule has 0 unspecified atom stereocenters. The number of hydrogen-bond donors (Lipinski definition) is 2. The van der Waals surface area contributed by atoms with Gasteiger partial charge in [0.2, 0.25) is 0 Å². The van der Waals surface area contributed by atoms with Gasteiger partial charge < -0.3 is 11.1 Å². The molecule has 3 N–H and O–H groups in total. The highest BCUT2D eigenvalue weighted by molar-refractivity contribution is 9.10. The molecule has 0 radical (unpaired) electrons. The molecule has 88 valence electrons. The van der Waals surface area contributed by atoms with Crippen LogP contribution in [0.4, 0.5) is 17.1 Å². The lowest BCUT2D eigenvalue weighted by Gasteiger charge is -2.12. The fraction of sp³-hybridized carbons (Fsp3) is 0.143. The summed E-state index contributed by atoms with van der Waals surface area (Å²) >= 11 is 3.52. The van der Waals surface area contributed by atoms with Crippen molar-refractivity contribution in [1.82, 2.24) is 0 Å². The molecule has 2 nitrogen and oxygen atoms in total. The average molecular weight is 291 g/mol. The second kappa shape index (κ2) is 4.80. The Kier molecular flexibility index (Phi) is 3.38. The fourth-order valence-corrected chi connectivity index (χ4v) is 2.15. The maximum absolute atomic E-state index is 5.83. The number of benzene rings is 2. The first-order valence-electron chi connectivity index (χ1n) is 5.45. The smallest absolute Gasteiger partial charge is 0.0425 e. The van der Waals surface area contributed by atoms with E-state index in [9.17, 15) is 0 Å². The van der Waals surface area contributed by atoms with Crippen molar-refractivity contribution in [2.24, 2.45) is 0 Å². The Labute approximate surface area is 110 Å². The first-order chi connectivity index (χ1) is 8.06. The molecular formula is C14H15BrN2. The predicted octanol–water partition coefficient (Wildman–Crippen LogP) is 4.39. The predicted molar refractivity (Wildman–Crippen MR) is 77.8 cm³/mol. The highest BCUT2D eigenvalue weighted by Gasteiger charge is 2.02. The van der Waals surface area contributed by atoms with Crippen LogP contribution in [0, 0.1) is 13.8 Å². The summed E-state index contributed by atoms with van der Waals surface area (Å²) in [6.45, 7) is 4.11. The normalized spacial score (nSPS) is 10.3. The van der Waals surface area contributed by atoms with Crippen LogP contribution in [-0.2, 0) is 0 Å². The van der Waals surface area contributed by atoms with Gasteiger partial charge in [-0.2, -0.15) is 0 Å². The van der Waals surface area contributed by atoms with Crippen molar-refractivity contribution < 1.29 is 0 Å². The van der Waals surface area contributed by atoms with Crippen molar-refractivity contribution in [3.63, 3.8) is 0 Å². The molecular weight excluding hydrogens is 276 g/mol. The van der Waals surface area contributed by atoms with Gasteiger partial charge in [-0.15, -0.1) is 0 Å². The minimum absolute atomic E-state index is 0.778. The summed E-state index contributed by atoms with van der Waals surface area (Å²) in [5.41, 5.74) is 11.1. The third-order valence-electron chi connectivity index (χ3n) is 2.65. The molecule has 0 spiro atoms. The minimum atomic E-state index is 0.778. The number of nitrogen functional groups attached to an aromatic ring is 1. The lowest BCUT2D eigenvalue weighted by atomic mass is 10.1. The van der Waals surface area contributed by atoms with E-state index >= 15 is 0 Å². The molecule has 0 amide bonds. The van der Waals surface area contributed by atoms with Crippen LogP contribution in [0.2, 0.25) is 0 Å². The maximum Gasteiger partial charge on any atom is 0.0425 e. The summed E-state index contributed by atoms with van der Waals surface area (Å²) in [4.78, 5) is 0. The fourth-order valence-electron chi connectivity index (χ4n) is 1.78. The second-order valence-electron chi connectivity index (χ2n) is 4.17. The van der Waals surface area contributed by atoms with Crippen LogP contribution < -0.4 is 11.1 Å². The molecule has 2 aromatic rings. The summed E-state index contributed by atoms with van der Waals surface area (Å²) < 4.78 is 1.10. The van der Waals surface area contributed by atoms with Crippen LogP contribution >= 0.6 is 15.9 Å². The quantitative estimate of drug-likeness (QED) is 0.805. The standard InChI is InChI=1S/C14H15BrN2/c1-9-6-11(16)8-12(7-9)17-14-5-3-4-13(15)10(14)2/h3-8,17H,16H2,1-2H3. The minimum Gasteiger partial charge on any atom is -0.399 e. The number of anilines is 3. The molecule has 2 rings (SSSR count). The van der Waals surface area contributed by atoms with Gasteiger partial charge in [-0.25, -0.2) is 0 Å². The van der Waals surface area contributed by atoms with Gasteiger partial charge in [0.1, 0.15) is 0 Å². The number of aryl methyl sites for hydroxylation is 1. The van der Waals surface area contributed by atoms with Gasteiger partial charge in [0, 0.05) is 21.5 Å². The number of hydrogen-bond acceptors (Lipinski definition) is 2. The SMILES string of the molecule is Cc1cc(N)cc(Nc2cccc(Br)c2C)c1. The van der Waals surface area contributed by atoms with Gasteiger partial charge in [-0.1, -0.05) is 22.0 Å². The molecule has 0 atom stereocenters. The van der Waals surface area contributed by atoms with E-state index in [1.54, 1.807) is 0 Å². The van der Waals surface area contributed by atoms with E-state index in [1.165, 1.54) is 5.56 Å². The Morgan fingerprint density at radius 1 is 1.12 bits per heavy atom. The van der Waals surface area contributed by atoms with Crippen molar-refractivity contribution in [3.05, 3.63) is 52.0 Å². The molecule has 0 aromatic heterocycles. The zero-order valence-corrected chi connectivity index (χ0v) is 11.5. The molecule has 2 aromatic carbocycles. The molecule has 0 saturated heterocycles. The average Bonchev–Trinajstić information content (AvgIpc) is 2.23. The van der Waals surface area contributed by atoms with Crippen LogP contribution in [0.1, 0.15) is 11.1 Å². The molecule has 17 heavy (non-hydrogen) atoms. The molecule has 0 heterocycles. The lowest BCUT2D eigenvalue weighted by Crippen LogP contribution is -1.95. The summed E-state index contributed by atoms with van der Waals surface area (Å²) in [5.74, 6) is 0. The van der Waals surface area contributed by atoms with Crippen molar-refractivity contribution >= 4 is 33.0 Å². The number of nitrogens with two attached hydrogens (primary N) is 1. The van der Waals surface area contributed by atoms with Crippen LogP contribution in [0.25, 0.3) is 0 Å². The highest BCUT2D eigenvalue weighted by Crippen LogP contribution is 2.27. The maximum atomic E-state index is 5.83. The second-order valence-corrected chi connectivity index (χ2v) is 5.02. The first kappa shape index (κ1) is 12.0. The number of halogens is 1. The van der Waals surface area contributed by atoms with E-state index in [2.05, 4.69) is 40.3 Å². The number of nitrogens with one attached hydrogen (secondary N) is 1. The zero-order chi connectivity index (χ0) is 12.4. The topological polar surface area (TPSA) is 38.0 Å². The van der Waals surface area contributed by atoms with E-state index in [0.717, 1.165) is 27.1 Å². The van der Waals surface area contributed by atoms with Crippen molar-refractivity contribution in [2.45, 2.75) is 13.8 Å². The molecule has 0 aliphatic carbocycles. The Morgan fingerprint density at radius 2 is 1.88 bits per heavy atom. The molecule has 0 saturated carbocycles. The third kappa shape index (κ3) is 2.80. The summed E-state index contributed by atoms with van der Waals surface area (Å²) in [5, 5.41) is 3.38. The number of rotatable bonds is 2. The zero-order valence-electron chi connectivity index (χ0n) is 9.92. The van der Waals surface area contributed by atoms with Crippen LogP contribution in [0.15, 0.2) is 40.9 Å². The van der Waals surface area contributed by atoms with E-state index in [4.69, 9.17) is 5.73 Å². The first-order valence-corrected chi connectivity index (χ1v) is 6.25. The van der Waals surface area contributed by atoms with Crippen LogP contribution in [0.5, 0.6) is 0 Å². The van der Waals surface area contributed by atoms with Gasteiger partial charge in [-0.3, -0.25) is 0 Å². The van der Waals surface area contributed by atoms with E-state index in [1.807, 2.05) is 31.2 Å². The molecule has 0 aliphatic rings. The molecule has 0 aliphatic heterocycles. The summed E-state index contributed by atoms with van der Waals surface area (Å²) in [6.07, 6.45) is 0. The van der Waals surface area contributed by atoms with Crippen LogP contribution in [0.3, 0.4) is 0 Å². The Morgan fingerprint density at radius 3 is 2.59 bits per heavy atom. The Bertz CT molecular complexity index is 530. The van der Waals surface area contributed by atoms with Crippen LogP contribution in [-0.4, -0.2) is 0 Å². The van der Waals surface area contributed by atoms with E-state index < -0.39 is 0 Å².